The lowest BCUT2D eigenvalue weighted by Gasteiger charge is -2.52. The van der Waals surface area contributed by atoms with Crippen molar-refractivity contribution >= 4 is 11.9 Å². The first-order chi connectivity index (χ1) is 12.1. The van der Waals surface area contributed by atoms with Gasteiger partial charge in [-0.2, -0.15) is 0 Å². The fourth-order valence-electron chi connectivity index (χ4n) is 5.99. The van der Waals surface area contributed by atoms with Gasteiger partial charge in [0.1, 0.15) is 12.2 Å². The SMILES string of the molecule is C=C1CCC2CC([C@@]3(C)CC[C@H](OC(C)=O)C[C@@H]3OC(C)=O)CC[C@]12C. The van der Waals surface area contributed by atoms with Crippen molar-refractivity contribution in [2.45, 2.75) is 91.3 Å². The number of hydrogen-bond acceptors (Lipinski definition) is 4. The maximum Gasteiger partial charge on any atom is 0.302 e. The summed E-state index contributed by atoms with van der Waals surface area (Å²) < 4.78 is 11.2. The molecule has 0 spiro atoms. The first kappa shape index (κ1) is 19.4. The summed E-state index contributed by atoms with van der Waals surface area (Å²) in [6.07, 6.45) is 8.08. The molecule has 0 amide bonds. The van der Waals surface area contributed by atoms with Gasteiger partial charge in [0, 0.05) is 25.7 Å². The third-order valence-corrected chi connectivity index (χ3v) is 7.88. The van der Waals surface area contributed by atoms with Crippen molar-refractivity contribution in [2.24, 2.45) is 22.7 Å². The number of hydrogen-bond donors (Lipinski definition) is 0. The molecule has 4 heteroatoms. The van der Waals surface area contributed by atoms with E-state index in [2.05, 4.69) is 20.4 Å². The zero-order valence-corrected chi connectivity index (χ0v) is 16.8. The third-order valence-electron chi connectivity index (χ3n) is 7.88. The number of rotatable bonds is 3. The summed E-state index contributed by atoms with van der Waals surface area (Å²) in [5.74, 6) is 0.765. The first-order valence-electron chi connectivity index (χ1n) is 10.2. The maximum atomic E-state index is 11.7. The molecule has 0 radical (unpaired) electrons. The summed E-state index contributed by atoms with van der Waals surface area (Å²) in [7, 11) is 0. The molecule has 3 fully saturated rings. The molecule has 4 nitrogen and oxygen atoms in total. The van der Waals surface area contributed by atoms with E-state index in [9.17, 15) is 9.59 Å². The lowest BCUT2D eigenvalue weighted by Crippen LogP contribution is -2.50. The highest BCUT2D eigenvalue weighted by Gasteiger charge is 2.53. The molecule has 0 N–H and O–H groups in total. The van der Waals surface area contributed by atoms with Crippen LogP contribution in [0.3, 0.4) is 0 Å². The van der Waals surface area contributed by atoms with Gasteiger partial charge in [-0.05, 0) is 62.2 Å². The molecule has 6 atom stereocenters. The Morgan fingerprint density at radius 2 is 1.65 bits per heavy atom. The van der Waals surface area contributed by atoms with Crippen LogP contribution < -0.4 is 0 Å². The minimum Gasteiger partial charge on any atom is -0.462 e. The van der Waals surface area contributed by atoms with E-state index < -0.39 is 0 Å². The summed E-state index contributed by atoms with van der Waals surface area (Å²) in [4.78, 5) is 23.1. The van der Waals surface area contributed by atoms with Crippen LogP contribution in [-0.2, 0) is 19.1 Å². The molecule has 3 aliphatic rings. The Balaban J connectivity index is 1.77. The summed E-state index contributed by atoms with van der Waals surface area (Å²) in [6, 6.07) is 0. The molecule has 2 unspecified atom stereocenters. The van der Waals surface area contributed by atoms with Crippen LogP contribution >= 0.6 is 0 Å². The molecule has 0 heterocycles. The molecule has 0 bridgehead atoms. The molecule has 3 rings (SSSR count). The minimum absolute atomic E-state index is 0.0342. The van der Waals surface area contributed by atoms with Gasteiger partial charge in [-0.1, -0.05) is 26.0 Å². The quantitative estimate of drug-likeness (QED) is 0.534. The number of carbonyl (C=O) groups excluding carboxylic acids is 2. The molecule has 0 aromatic heterocycles. The predicted molar refractivity (Wildman–Crippen MR) is 100 cm³/mol. The van der Waals surface area contributed by atoms with E-state index >= 15 is 0 Å². The van der Waals surface area contributed by atoms with Gasteiger partial charge in [-0.15, -0.1) is 0 Å². The molecule has 3 saturated carbocycles. The molecule has 0 aliphatic heterocycles. The lowest BCUT2D eigenvalue weighted by molar-refractivity contribution is -0.174. The first-order valence-corrected chi connectivity index (χ1v) is 10.2. The molecular weight excluding hydrogens is 328 g/mol. The molecular formula is C22H34O4. The Morgan fingerprint density at radius 1 is 0.962 bits per heavy atom. The Morgan fingerprint density at radius 3 is 2.31 bits per heavy atom. The number of carbonyl (C=O) groups is 2. The van der Waals surface area contributed by atoms with Crippen molar-refractivity contribution in [3.8, 4) is 0 Å². The Hall–Kier alpha value is -1.32. The normalized spacial score (nSPS) is 42.8. The topological polar surface area (TPSA) is 52.6 Å². The van der Waals surface area contributed by atoms with E-state index in [0.717, 1.165) is 19.3 Å². The molecule has 0 saturated heterocycles. The van der Waals surface area contributed by atoms with E-state index in [1.165, 1.54) is 45.1 Å². The van der Waals surface area contributed by atoms with Crippen LogP contribution in [0.15, 0.2) is 12.2 Å². The molecule has 26 heavy (non-hydrogen) atoms. The Labute approximate surface area is 157 Å². The van der Waals surface area contributed by atoms with E-state index in [1.54, 1.807) is 0 Å². The van der Waals surface area contributed by atoms with Crippen molar-refractivity contribution in [2.75, 3.05) is 0 Å². The van der Waals surface area contributed by atoms with Crippen LogP contribution in [0, 0.1) is 22.7 Å². The van der Waals surface area contributed by atoms with Gasteiger partial charge in [-0.25, -0.2) is 0 Å². The predicted octanol–water partition coefficient (Wildman–Crippen LogP) is 4.81. The standard InChI is InChI=1S/C22H34O4/c1-14-6-7-17-12-18(8-10-21(14,17)4)22(5)11-9-19(25-15(2)23)13-20(22)26-16(3)24/h17-20H,1,6-13H2,2-5H3/t17?,18?,19-,20-,21+,22+/m0/s1. The summed E-state index contributed by atoms with van der Waals surface area (Å²) in [5.41, 5.74) is 1.70. The van der Waals surface area contributed by atoms with E-state index in [0.29, 0.717) is 23.7 Å². The second kappa shape index (κ2) is 7.01. The zero-order chi connectivity index (χ0) is 19.1. The average molecular weight is 363 g/mol. The van der Waals surface area contributed by atoms with Gasteiger partial charge in [0.25, 0.3) is 0 Å². The van der Waals surface area contributed by atoms with Crippen LogP contribution in [-0.4, -0.2) is 24.1 Å². The second-order valence-electron chi connectivity index (χ2n) is 9.34. The van der Waals surface area contributed by atoms with E-state index in [1.807, 2.05) is 0 Å². The van der Waals surface area contributed by atoms with Crippen molar-refractivity contribution in [3.63, 3.8) is 0 Å². The molecule has 3 aliphatic carbocycles. The largest absolute Gasteiger partial charge is 0.462 e. The number of esters is 2. The fourth-order valence-corrected chi connectivity index (χ4v) is 5.99. The Kier molecular flexibility index (Phi) is 5.24. The smallest absolute Gasteiger partial charge is 0.302 e. The van der Waals surface area contributed by atoms with E-state index in [4.69, 9.17) is 9.47 Å². The van der Waals surface area contributed by atoms with Gasteiger partial charge in [0.2, 0.25) is 0 Å². The number of fused-ring (bicyclic) bond motifs is 1. The molecule has 0 aromatic rings. The number of ether oxygens (including phenoxy) is 2. The molecule has 0 aromatic carbocycles. The lowest BCUT2D eigenvalue weighted by atomic mass is 9.55. The van der Waals surface area contributed by atoms with Gasteiger partial charge < -0.3 is 9.47 Å². The van der Waals surface area contributed by atoms with Gasteiger partial charge in [0.05, 0.1) is 0 Å². The minimum atomic E-state index is -0.252. The third kappa shape index (κ3) is 3.44. The monoisotopic (exact) mass is 362 g/mol. The second-order valence-corrected chi connectivity index (χ2v) is 9.34. The summed E-state index contributed by atoms with van der Waals surface area (Å²) >= 11 is 0. The van der Waals surface area contributed by atoms with E-state index in [-0.39, 0.29) is 29.6 Å². The van der Waals surface area contributed by atoms with Gasteiger partial charge in [-0.3, -0.25) is 9.59 Å². The van der Waals surface area contributed by atoms with Crippen LogP contribution in [0.5, 0.6) is 0 Å². The fraction of sp³-hybridized carbons (Fsp3) is 0.818. The highest BCUT2D eigenvalue weighted by molar-refractivity contribution is 5.66. The van der Waals surface area contributed by atoms with Gasteiger partial charge in [0.15, 0.2) is 0 Å². The van der Waals surface area contributed by atoms with Gasteiger partial charge >= 0.3 is 11.9 Å². The van der Waals surface area contributed by atoms with Crippen molar-refractivity contribution in [1.29, 1.82) is 0 Å². The van der Waals surface area contributed by atoms with Crippen molar-refractivity contribution < 1.29 is 19.1 Å². The van der Waals surface area contributed by atoms with Crippen LogP contribution in [0.2, 0.25) is 0 Å². The Bertz CT molecular complexity index is 597. The summed E-state index contributed by atoms with van der Waals surface area (Å²) in [6.45, 7) is 12.0. The average Bonchev–Trinajstić information content (AvgIpc) is 2.84. The summed E-state index contributed by atoms with van der Waals surface area (Å²) in [5, 5.41) is 0. The van der Waals surface area contributed by atoms with Crippen molar-refractivity contribution in [3.05, 3.63) is 12.2 Å². The highest BCUT2D eigenvalue weighted by Crippen LogP contribution is 2.60. The number of allylic oxidation sites excluding steroid dienone is 1. The zero-order valence-electron chi connectivity index (χ0n) is 16.8. The van der Waals surface area contributed by atoms with Crippen LogP contribution in [0.4, 0.5) is 0 Å². The highest BCUT2D eigenvalue weighted by atomic mass is 16.6. The molecule has 146 valence electrons. The van der Waals surface area contributed by atoms with Crippen LogP contribution in [0.25, 0.3) is 0 Å². The maximum absolute atomic E-state index is 11.7. The van der Waals surface area contributed by atoms with Crippen LogP contribution in [0.1, 0.15) is 79.1 Å². The van der Waals surface area contributed by atoms with Crippen molar-refractivity contribution in [1.82, 2.24) is 0 Å².